The summed E-state index contributed by atoms with van der Waals surface area (Å²) < 4.78 is 10.6. The van der Waals surface area contributed by atoms with Crippen LogP contribution in [0.1, 0.15) is 43.2 Å². The van der Waals surface area contributed by atoms with Crippen LogP contribution in [0, 0.1) is 5.92 Å². The summed E-state index contributed by atoms with van der Waals surface area (Å²) in [7, 11) is 1.37. The van der Waals surface area contributed by atoms with Gasteiger partial charge in [0.1, 0.15) is 12.6 Å². The molecule has 2 aliphatic rings. The van der Waals surface area contributed by atoms with Gasteiger partial charge in [0.05, 0.1) is 6.61 Å². The van der Waals surface area contributed by atoms with Gasteiger partial charge in [-0.3, -0.25) is 4.79 Å². The number of benzene rings is 2. The van der Waals surface area contributed by atoms with Gasteiger partial charge in [0.25, 0.3) is 0 Å². The van der Waals surface area contributed by atoms with Crippen LogP contribution in [-0.2, 0) is 19.1 Å². The fourth-order valence-electron chi connectivity index (χ4n) is 4.73. The van der Waals surface area contributed by atoms with Gasteiger partial charge in [0.15, 0.2) is 5.54 Å². The van der Waals surface area contributed by atoms with Crippen LogP contribution in [0.25, 0.3) is 11.1 Å². The molecule has 8 heteroatoms. The van der Waals surface area contributed by atoms with E-state index in [1.807, 2.05) is 36.4 Å². The van der Waals surface area contributed by atoms with E-state index < -0.39 is 29.6 Å². The molecular weight excluding hydrogens is 436 g/mol. The van der Waals surface area contributed by atoms with Crippen LogP contribution in [0.3, 0.4) is 0 Å². The van der Waals surface area contributed by atoms with Crippen molar-refractivity contribution in [2.24, 2.45) is 5.92 Å². The Labute approximate surface area is 198 Å². The summed E-state index contributed by atoms with van der Waals surface area (Å²) in [5.74, 6) is -1.93. The smallest absolute Gasteiger partial charge is 0.407 e. The van der Waals surface area contributed by atoms with Crippen molar-refractivity contribution in [1.82, 2.24) is 10.6 Å². The van der Waals surface area contributed by atoms with Crippen molar-refractivity contribution in [3.8, 4) is 11.1 Å². The molecule has 2 unspecified atom stereocenters. The van der Waals surface area contributed by atoms with Gasteiger partial charge in [-0.25, -0.2) is 9.59 Å². The maximum absolute atomic E-state index is 13.0. The van der Waals surface area contributed by atoms with Gasteiger partial charge in [-0.05, 0) is 47.9 Å². The molecule has 4 rings (SSSR count). The largest absolute Gasteiger partial charge is 0.479 e. The molecule has 0 aromatic heterocycles. The highest BCUT2D eigenvalue weighted by atomic mass is 16.5. The van der Waals surface area contributed by atoms with Gasteiger partial charge < -0.3 is 25.2 Å². The number of carboxylic acid groups (broad SMARTS) is 1. The van der Waals surface area contributed by atoms with Crippen LogP contribution in [0.5, 0.6) is 0 Å². The molecule has 2 aromatic rings. The molecule has 0 radical (unpaired) electrons. The quantitative estimate of drug-likeness (QED) is 0.523. The number of nitrogens with one attached hydrogen (secondary N) is 2. The summed E-state index contributed by atoms with van der Waals surface area (Å²) in [6.45, 7) is 1.31. The molecule has 8 nitrogen and oxygen atoms in total. The predicted molar refractivity (Wildman–Crippen MR) is 125 cm³/mol. The van der Waals surface area contributed by atoms with Crippen LogP contribution in [0.2, 0.25) is 0 Å². The Morgan fingerprint density at radius 3 is 2.15 bits per heavy atom. The molecular formula is C26H30N2O6. The Morgan fingerprint density at radius 2 is 1.65 bits per heavy atom. The number of hydrogen-bond donors (Lipinski definition) is 3. The second-order valence-electron chi connectivity index (χ2n) is 9.20. The average Bonchev–Trinajstić information content (AvgIpc) is 3.10. The Hall–Kier alpha value is -3.39. The molecule has 1 fully saturated rings. The highest BCUT2D eigenvalue weighted by Gasteiger charge is 2.41. The number of aliphatic carboxylic acids is 1. The lowest BCUT2D eigenvalue weighted by Gasteiger charge is -2.35. The van der Waals surface area contributed by atoms with Gasteiger partial charge in [-0.2, -0.15) is 0 Å². The monoisotopic (exact) mass is 466 g/mol. The minimum absolute atomic E-state index is 0.0685. The third kappa shape index (κ3) is 4.63. The predicted octanol–water partition coefficient (Wildman–Crippen LogP) is 3.30. The number of carboxylic acids is 1. The number of carbonyl (C=O) groups excluding carboxylic acids is 2. The maximum Gasteiger partial charge on any atom is 0.407 e. The lowest BCUT2D eigenvalue weighted by Crippen LogP contribution is -2.62. The summed E-state index contributed by atoms with van der Waals surface area (Å²) >= 11 is 0. The number of alkyl carbamates (subject to hydrolysis) is 1. The molecule has 0 aliphatic heterocycles. The lowest BCUT2D eigenvalue weighted by molar-refractivity contribution is -0.150. The molecule has 2 aliphatic carbocycles. The lowest BCUT2D eigenvalue weighted by atomic mass is 9.79. The van der Waals surface area contributed by atoms with Crippen molar-refractivity contribution in [1.29, 1.82) is 0 Å². The van der Waals surface area contributed by atoms with Crippen molar-refractivity contribution >= 4 is 18.0 Å². The topological polar surface area (TPSA) is 114 Å². The first-order valence-electron chi connectivity index (χ1n) is 11.5. The first kappa shape index (κ1) is 23.8. The fraction of sp³-hybridized carbons (Fsp3) is 0.423. The summed E-state index contributed by atoms with van der Waals surface area (Å²) in [4.78, 5) is 37.4. The standard InChI is InChI=1S/C26H30N2O6/c1-26(15-33-2,24(30)31)28-23(29)22(16-8-7-9-16)27-25(32)34-14-21-19-12-5-3-10-17(19)18-11-4-6-13-20(18)21/h3-6,10-13,16,21-22H,7-9,14-15H2,1-2H3,(H,27,32)(H,28,29)(H,30,31). The number of amides is 2. The molecule has 2 amide bonds. The molecule has 34 heavy (non-hydrogen) atoms. The zero-order valence-electron chi connectivity index (χ0n) is 19.4. The number of rotatable bonds is 9. The van der Waals surface area contributed by atoms with Gasteiger partial charge >= 0.3 is 12.1 Å². The van der Waals surface area contributed by atoms with Gasteiger partial charge in [0, 0.05) is 13.0 Å². The molecule has 0 heterocycles. The minimum Gasteiger partial charge on any atom is -0.479 e. The second kappa shape index (κ2) is 9.85. The van der Waals surface area contributed by atoms with Gasteiger partial charge in [-0.15, -0.1) is 0 Å². The van der Waals surface area contributed by atoms with Gasteiger partial charge in [-0.1, -0.05) is 55.0 Å². The molecule has 2 atom stereocenters. The van der Waals surface area contributed by atoms with Crippen LogP contribution < -0.4 is 10.6 Å². The number of carbonyl (C=O) groups is 3. The number of fused-ring (bicyclic) bond motifs is 3. The maximum atomic E-state index is 13.0. The normalized spacial score (nSPS) is 17.5. The van der Waals surface area contributed by atoms with E-state index in [4.69, 9.17) is 9.47 Å². The summed E-state index contributed by atoms with van der Waals surface area (Å²) in [5, 5.41) is 14.8. The van der Waals surface area contributed by atoms with Crippen LogP contribution >= 0.6 is 0 Å². The first-order valence-corrected chi connectivity index (χ1v) is 11.5. The molecule has 1 saturated carbocycles. The minimum atomic E-state index is -1.60. The van der Waals surface area contributed by atoms with Crippen molar-refractivity contribution in [3.05, 3.63) is 59.7 Å². The highest BCUT2D eigenvalue weighted by Crippen LogP contribution is 2.44. The van der Waals surface area contributed by atoms with Gasteiger partial charge in [0.2, 0.25) is 5.91 Å². The van der Waals surface area contributed by atoms with E-state index in [9.17, 15) is 19.5 Å². The summed E-state index contributed by atoms with van der Waals surface area (Å²) in [6, 6.07) is 15.2. The molecule has 2 aromatic carbocycles. The van der Waals surface area contributed by atoms with E-state index in [1.165, 1.54) is 14.0 Å². The van der Waals surface area contributed by atoms with Crippen molar-refractivity contribution in [2.75, 3.05) is 20.3 Å². The third-order valence-corrected chi connectivity index (χ3v) is 6.82. The van der Waals surface area contributed by atoms with E-state index in [-0.39, 0.29) is 25.0 Å². The Morgan fingerprint density at radius 1 is 1.06 bits per heavy atom. The highest BCUT2D eigenvalue weighted by molar-refractivity contribution is 5.91. The zero-order chi connectivity index (χ0) is 24.3. The van der Waals surface area contributed by atoms with Crippen LogP contribution in [0.15, 0.2) is 48.5 Å². The molecule has 0 bridgehead atoms. The van der Waals surface area contributed by atoms with Crippen molar-refractivity contribution in [3.63, 3.8) is 0 Å². The van der Waals surface area contributed by atoms with E-state index in [1.54, 1.807) is 0 Å². The molecule has 3 N–H and O–H groups in total. The van der Waals surface area contributed by atoms with Crippen LogP contribution in [-0.4, -0.2) is 55.0 Å². The number of methoxy groups -OCH3 is 1. The molecule has 0 saturated heterocycles. The van der Waals surface area contributed by atoms with Crippen molar-refractivity contribution in [2.45, 2.75) is 43.7 Å². The Kier molecular flexibility index (Phi) is 6.88. The third-order valence-electron chi connectivity index (χ3n) is 6.82. The average molecular weight is 467 g/mol. The summed E-state index contributed by atoms with van der Waals surface area (Å²) in [6.07, 6.45) is 1.80. The first-order chi connectivity index (χ1) is 16.3. The van der Waals surface area contributed by atoms with E-state index in [2.05, 4.69) is 22.8 Å². The van der Waals surface area contributed by atoms with E-state index in [0.29, 0.717) is 0 Å². The summed E-state index contributed by atoms with van der Waals surface area (Å²) in [5.41, 5.74) is 2.86. The van der Waals surface area contributed by atoms with Crippen molar-refractivity contribution < 1.29 is 29.0 Å². The van der Waals surface area contributed by atoms with E-state index in [0.717, 1.165) is 41.5 Å². The zero-order valence-corrected chi connectivity index (χ0v) is 19.4. The molecule has 180 valence electrons. The van der Waals surface area contributed by atoms with Crippen LogP contribution in [0.4, 0.5) is 4.79 Å². The fourth-order valence-corrected chi connectivity index (χ4v) is 4.73. The second-order valence-corrected chi connectivity index (χ2v) is 9.20. The Balaban J connectivity index is 1.43. The Bertz CT molecular complexity index is 1040. The number of hydrogen-bond acceptors (Lipinski definition) is 5. The van der Waals surface area contributed by atoms with E-state index >= 15 is 0 Å². The molecule has 0 spiro atoms. The SMILES string of the molecule is COCC(C)(NC(=O)C(NC(=O)OCC1c2ccccc2-c2ccccc21)C1CCC1)C(=O)O. The number of ether oxygens (including phenoxy) is 2.